The molecule has 11 aromatic carbocycles. The third-order valence-corrected chi connectivity index (χ3v) is 20.1. The molecule has 90 heavy (non-hydrogen) atoms. The van der Waals surface area contributed by atoms with Gasteiger partial charge in [0.1, 0.15) is 0 Å². The lowest BCUT2D eigenvalue weighted by molar-refractivity contribution is 0.590. The van der Waals surface area contributed by atoms with Crippen LogP contribution < -0.4 is 31.1 Å². The number of hydrogen-bond donors (Lipinski definition) is 0. The lowest BCUT2D eigenvalue weighted by Gasteiger charge is -2.47. The minimum Gasteiger partial charge on any atom is -0.311 e. The Morgan fingerprint density at radius 2 is 0.778 bits per heavy atom. The van der Waals surface area contributed by atoms with Crippen LogP contribution in [0, 0.1) is 0 Å². The van der Waals surface area contributed by atoms with Gasteiger partial charge in [-0.1, -0.05) is 207 Å². The largest absolute Gasteiger partial charge is 0.311 e. The zero-order chi connectivity index (χ0) is 62.5. The highest BCUT2D eigenvalue weighted by Crippen LogP contribution is 2.56. The van der Waals surface area contributed by atoms with Crippen molar-refractivity contribution >= 4 is 129 Å². The van der Waals surface area contributed by atoms with Gasteiger partial charge in [0.05, 0.1) is 50.5 Å². The van der Waals surface area contributed by atoms with Crippen molar-refractivity contribution in [1.29, 1.82) is 0 Å². The summed E-state index contributed by atoms with van der Waals surface area (Å²) in [5, 5.41) is 7.54. The predicted octanol–water partition coefficient (Wildman–Crippen LogP) is 21.4. The summed E-state index contributed by atoms with van der Waals surface area (Å²) < 4.78 is 5.21. The Balaban J connectivity index is 1.08. The average molecular weight is 1170 g/mol. The number of para-hydroxylation sites is 2. The molecule has 13 aromatic rings. The first-order valence-corrected chi connectivity index (χ1v) is 32.5. The van der Waals surface area contributed by atoms with E-state index in [0.717, 1.165) is 34.1 Å². The molecule has 5 nitrogen and oxygen atoms in total. The van der Waals surface area contributed by atoms with E-state index in [-0.39, 0.29) is 33.8 Å². The van der Waals surface area contributed by atoms with Crippen LogP contribution >= 0.6 is 0 Å². The van der Waals surface area contributed by atoms with Gasteiger partial charge in [-0.25, -0.2) is 0 Å². The van der Waals surface area contributed by atoms with Gasteiger partial charge in [0.2, 0.25) is 0 Å². The molecule has 2 aromatic heterocycles. The number of hydrogen-bond acceptors (Lipinski definition) is 3. The fraction of sp³-hybridized carbons (Fsp3) is 0.238. The van der Waals surface area contributed by atoms with Crippen molar-refractivity contribution in [3.05, 3.63) is 240 Å². The van der Waals surface area contributed by atoms with E-state index in [2.05, 4.69) is 340 Å². The first-order valence-electron chi connectivity index (χ1n) is 32.5. The summed E-state index contributed by atoms with van der Waals surface area (Å²) in [5.74, 6) is 0. The molecule has 0 amide bonds. The summed E-state index contributed by atoms with van der Waals surface area (Å²) in [5.41, 5.74) is 27.7. The van der Waals surface area contributed by atoms with E-state index in [1.54, 1.807) is 0 Å². The van der Waals surface area contributed by atoms with E-state index in [1.165, 1.54) is 127 Å². The molecule has 0 bridgehead atoms. The van der Waals surface area contributed by atoms with Crippen LogP contribution in [0.3, 0.4) is 0 Å². The maximum absolute atomic E-state index is 2.72. The second kappa shape index (κ2) is 19.1. The molecule has 3 aliphatic heterocycles. The van der Waals surface area contributed by atoms with E-state index in [0.29, 0.717) is 0 Å². The number of nitrogens with zero attached hydrogens (tertiary/aromatic N) is 5. The summed E-state index contributed by atoms with van der Waals surface area (Å²) in [6.07, 6.45) is 0. The third kappa shape index (κ3) is 8.42. The van der Waals surface area contributed by atoms with Gasteiger partial charge >= 0.3 is 0 Å². The topological polar surface area (TPSA) is 19.6 Å². The Kier molecular flexibility index (Phi) is 11.9. The van der Waals surface area contributed by atoms with Crippen molar-refractivity contribution in [1.82, 2.24) is 9.13 Å². The Morgan fingerprint density at radius 3 is 1.34 bits per heavy atom. The van der Waals surface area contributed by atoms with E-state index in [4.69, 9.17) is 0 Å². The van der Waals surface area contributed by atoms with Crippen LogP contribution in [0.4, 0.5) is 51.2 Å². The van der Waals surface area contributed by atoms with E-state index in [1.807, 2.05) is 0 Å². The minimum absolute atomic E-state index is 0.0248. The van der Waals surface area contributed by atoms with Crippen LogP contribution in [0.1, 0.15) is 132 Å². The van der Waals surface area contributed by atoms with Gasteiger partial charge in [-0.05, 0) is 186 Å². The highest BCUT2D eigenvalue weighted by atomic mass is 15.2. The van der Waals surface area contributed by atoms with Crippen molar-refractivity contribution in [2.24, 2.45) is 0 Å². The van der Waals surface area contributed by atoms with Gasteiger partial charge < -0.3 is 23.8 Å². The highest BCUT2D eigenvalue weighted by molar-refractivity contribution is 7.00. The number of aromatic nitrogens is 2. The van der Waals surface area contributed by atoms with E-state index in [9.17, 15) is 0 Å². The van der Waals surface area contributed by atoms with Crippen LogP contribution in [-0.2, 0) is 27.1 Å². The lowest BCUT2D eigenvalue weighted by atomic mass is 9.33. The third-order valence-electron chi connectivity index (χ3n) is 20.1. The van der Waals surface area contributed by atoms with Crippen molar-refractivity contribution in [2.45, 2.75) is 131 Å². The average Bonchev–Trinajstić information content (AvgIpc) is 0.941. The first-order chi connectivity index (χ1) is 42.8. The molecular formula is C84H80BN5. The van der Waals surface area contributed by atoms with Crippen molar-refractivity contribution in [3.8, 4) is 11.4 Å². The van der Waals surface area contributed by atoms with Crippen molar-refractivity contribution in [2.75, 3.05) is 14.7 Å². The van der Waals surface area contributed by atoms with E-state index >= 15 is 0 Å². The molecule has 3 aliphatic rings. The maximum atomic E-state index is 2.72. The molecule has 0 unspecified atom stereocenters. The SMILES string of the molecule is CC(C)(C)c1cc2c3c(c1)-n1c4ccc(C(C)(C)C)cc4c4cc(C(C)(C)C)cc(c41)N3c1cc(N(c3ccccc3)c3ccccc3)cc3c1B2c1ccc(-n2c4ccc(C(C)(C)C)cc4c4cc(C(C)(C)C)ccc42)cc1N3c1cccc2ccccc12. The van der Waals surface area contributed by atoms with Crippen LogP contribution in [0.2, 0.25) is 0 Å². The van der Waals surface area contributed by atoms with Gasteiger partial charge in [-0.2, -0.15) is 0 Å². The molecule has 0 atom stereocenters. The van der Waals surface area contributed by atoms with E-state index < -0.39 is 0 Å². The van der Waals surface area contributed by atoms with Crippen molar-refractivity contribution < 1.29 is 0 Å². The molecule has 444 valence electrons. The van der Waals surface area contributed by atoms with Crippen LogP contribution in [0.15, 0.2) is 212 Å². The lowest BCUT2D eigenvalue weighted by Crippen LogP contribution is -2.62. The smallest absolute Gasteiger partial charge is 0.252 e. The highest BCUT2D eigenvalue weighted by Gasteiger charge is 2.48. The molecular weight excluding hydrogens is 1090 g/mol. The Labute approximate surface area is 531 Å². The zero-order valence-electron chi connectivity index (χ0n) is 55.0. The summed E-state index contributed by atoms with van der Waals surface area (Å²) in [7, 11) is 0. The maximum Gasteiger partial charge on any atom is 0.252 e. The second-order valence-corrected chi connectivity index (χ2v) is 31.2. The molecule has 0 N–H and O–H groups in total. The molecule has 0 saturated heterocycles. The normalized spacial score (nSPS) is 13.9. The Hall–Kier alpha value is -9.26. The number of rotatable bonds is 5. The first kappa shape index (κ1) is 56.0. The quantitative estimate of drug-likeness (QED) is 0.160. The van der Waals surface area contributed by atoms with Crippen molar-refractivity contribution in [3.63, 3.8) is 0 Å². The second-order valence-electron chi connectivity index (χ2n) is 31.2. The summed E-state index contributed by atoms with van der Waals surface area (Å²) in [6.45, 7) is 35.2. The van der Waals surface area contributed by atoms with Gasteiger partial charge in [-0.3, -0.25) is 0 Å². The van der Waals surface area contributed by atoms with Gasteiger partial charge in [0.25, 0.3) is 6.71 Å². The Bertz CT molecular complexity index is 5040. The number of benzene rings is 11. The molecule has 0 spiro atoms. The molecule has 6 heteroatoms. The fourth-order valence-electron chi connectivity index (χ4n) is 15.1. The summed E-state index contributed by atoms with van der Waals surface area (Å²) >= 11 is 0. The Morgan fingerprint density at radius 1 is 0.300 bits per heavy atom. The van der Waals surface area contributed by atoms with Gasteiger partial charge in [-0.15, -0.1) is 0 Å². The minimum atomic E-state index is -0.181. The monoisotopic (exact) mass is 1170 g/mol. The van der Waals surface area contributed by atoms with Crippen LogP contribution in [0.5, 0.6) is 0 Å². The molecule has 0 radical (unpaired) electrons. The van der Waals surface area contributed by atoms with Crippen LogP contribution in [-0.4, -0.2) is 15.8 Å². The predicted molar refractivity (Wildman–Crippen MR) is 388 cm³/mol. The standard InChI is InChI=1S/C84H80BN5/c1-80(2,3)52-33-38-69-62(41-52)63-42-53(81(4,5)6)34-39-70(63)87(69)59-36-37-66-72(48-59)88(68-32-24-26-51-25-22-23-31-61(51)68)73-49-60(86(57-27-18-16-19-28-57)58-29-20-17-21-30-58)50-74-77(73)85(66)67-45-56(84(13,14)15)47-76-79(67)90(74)75-46-55(83(10,11)12)44-65-64-43-54(82(7,8)9)35-40-71(64)89(76)78(65)75/h16-50H,1-15H3. The molecule has 0 fully saturated rings. The van der Waals surface area contributed by atoms with Gasteiger partial charge in [0.15, 0.2) is 0 Å². The summed E-state index contributed by atoms with van der Waals surface area (Å²) in [4.78, 5) is 7.86. The van der Waals surface area contributed by atoms with Crippen LogP contribution in [0.25, 0.3) is 65.8 Å². The molecule has 0 aliphatic carbocycles. The number of fused-ring (bicyclic) bond motifs is 13. The van der Waals surface area contributed by atoms with Gasteiger partial charge in [0, 0.05) is 61.1 Å². The zero-order valence-corrected chi connectivity index (χ0v) is 55.0. The molecule has 0 saturated carbocycles. The summed E-state index contributed by atoms with van der Waals surface area (Å²) in [6, 6.07) is 82.4. The number of anilines is 9. The molecule has 5 heterocycles. The fourth-order valence-corrected chi connectivity index (χ4v) is 15.1. The molecule has 16 rings (SSSR count).